The van der Waals surface area contributed by atoms with Crippen LogP contribution in [-0.4, -0.2) is 29.2 Å². The summed E-state index contributed by atoms with van der Waals surface area (Å²) in [6.07, 6.45) is 2.42. The molecule has 5 nitrogen and oxygen atoms in total. The van der Waals surface area contributed by atoms with Crippen molar-refractivity contribution in [3.63, 3.8) is 0 Å². The highest BCUT2D eigenvalue weighted by Gasteiger charge is 2.16. The van der Waals surface area contributed by atoms with Gasteiger partial charge in [-0.3, -0.25) is 4.68 Å². The molecule has 0 aliphatic carbocycles. The van der Waals surface area contributed by atoms with Crippen LogP contribution in [0.15, 0.2) is 35.4 Å². The average molecular weight is 348 g/mol. The van der Waals surface area contributed by atoms with Crippen molar-refractivity contribution < 1.29 is 8.42 Å². The number of benzene rings is 1. The maximum Gasteiger partial charge on any atom is 0.180 e. The first-order valence-corrected chi connectivity index (χ1v) is 8.91. The van der Waals surface area contributed by atoms with Crippen LogP contribution >= 0.6 is 23.2 Å². The Kier molecular flexibility index (Phi) is 5.24. The highest BCUT2D eigenvalue weighted by Crippen LogP contribution is 2.21. The topological polar surface area (TPSA) is 64.8 Å². The molecular formula is C13H15Cl2N3O2S. The van der Waals surface area contributed by atoms with Gasteiger partial charge in [0.05, 0.1) is 22.6 Å². The highest BCUT2D eigenvalue weighted by atomic mass is 35.5. The lowest BCUT2D eigenvalue weighted by molar-refractivity contribution is 0.575. The van der Waals surface area contributed by atoms with Crippen molar-refractivity contribution in [1.29, 1.82) is 0 Å². The SMILES string of the molecule is CCC(Cl)c1cn(CCS(=O)(=O)c2ccc(Cl)cc2)nn1. The van der Waals surface area contributed by atoms with Crippen molar-refractivity contribution >= 4 is 33.0 Å². The number of hydrogen-bond acceptors (Lipinski definition) is 4. The van der Waals surface area contributed by atoms with E-state index in [9.17, 15) is 8.42 Å². The third kappa shape index (κ3) is 4.18. The molecule has 0 aliphatic heterocycles. The number of aromatic nitrogens is 3. The Balaban J connectivity index is 2.05. The summed E-state index contributed by atoms with van der Waals surface area (Å²) >= 11 is 11.8. The molecule has 1 unspecified atom stereocenters. The van der Waals surface area contributed by atoms with Crippen LogP contribution in [0.3, 0.4) is 0 Å². The maximum absolute atomic E-state index is 12.2. The summed E-state index contributed by atoms with van der Waals surface area (Å²) in [5.74, 6) is -0.0590. The van der Waals surface area contributed by atoms with Gasteiger partial charge in [-0.05, 0) is 30.7 Å². The molecule has 1 heterocycles. The Hall–Kier alpha value is -1.11. The minimum Gasteiger partial charge on any atom is -0.251 e. The fourth-order valence-corrected chi connectivity index (χ4v) is 3.19. The number of alkyl halides is 1. The predicted octanol–water partition coefficient (Wildman–Crippen LogP) is 3.10. The molecule has 0 spiro atoms. The second kappa shape index (κ2) is 6.77. The summed E-state index contributed by atoms with van der Waals surface area (Å²) in [6, 6.07) is 6.11. The molecule has 114 valence electrons. The summed E-state index contributed by atoms with van der Waals surface area (Å²) < 4.78 is 25.9. The van der Waals surface area contributed by atoms with E-state index in [1.165, 1.54) is 16.8 Å². The molecule has 0 fully saturated rings. The van der Waals surface area contributed by atoms with Crippen LogP contribution in [0.2, 0.25) is 5.02 Å². The summed E-state index contributed by atoms with van der Waals surface area (Å²) in [6.45, 7) is 2.17. The molecule has 2 rings (SSSR count). The Morgan fingerprint density at radius 1 is 1.29 bits per heavy atom. The van der Waals surface area contributed by atoms with Gasteiger partial charge in [0.2, 0.25) is 0 Å². The Morgan fingerprint density at radius 2 is 1.95 bits per heavy atom. The number of rotatable bonds is 6. The third-order valence-electron chi connectivity index (χ3n) is 3.00. The van der Waals surface area contributed by atoms with Crippen molar-refractivity contribution in [1.82, 2.24) is 15.0 Å². The van der Waals surface area contributed by atoms with Gasteiger partial charge in [0.25, 0.3) is 0 Å². The van der Waals surface area contributed by atoms with E-state index in [0.29, 0.717) is 10.7 Å². The number of sulfone groups is 1. The Labute approximate surface area is 133 Å². The normalized spacial score (nSPS) is 13.3. The van der Waals surface area contributed by atoms with E-state index in [1.807, 2.05) is 6.92 Å². The minimum absolute atomic E-state index is 0.0590. The van der Waals surface area contributed by atoms with Gasteiger partial charge in [-0.15, -0.1) is 16.7 Å². The Morgan fingerprint density at radius 3 is 2.57 bits per heavy atom. The van der Waals surface area contributed by atoms with Crippen LogP contribution in [-0.2, 0) is 16.4 Å². The fraction of sp³-hybridized carbons (Fsp3) is 0.385. The molecule has 0 bridgehead atoms. The first-order valence-electron chi connectivity index (χ1n) is 6.45. The lowest BCUT2D eigenvalue weighted by atomic mass is 10.3. The van der Waals surface area contributed by atoms with Gasteiger partial charge in [0, 0.05) is 11.2 Å². The van der Waals surface area contributed by atoms with Crippen LogP contribution in [0, 0.1) is 0 Å². The van der Waals surface area contributed by atoms with E-state index in [1.54, 1.807) is 18.3 Å². The van der Waals surface area contributed by atoms with E-state index < -0.39 is 9.84 Å². The van der Waals surface area contributed by atoms with Gasteiger partial charge in [0.1, 0.15) is 5.69 Å². The second-order valence-corrected chi connectivity index (χ2v) is 7.63. The second-order valence-electron chi connectivity index (χ2n) is 4.56. The molecule has 0 aliphatic rings. The molecule has 0 saturated carbocycles. The molecule has 8 heteroatoms. The number of hydrogen-bond donors (Lipinski definition) is 0. The monoisotopic (exact) mass is 347 g/mol. The minimum atomic E-state index is -3.37. The average Bonchev–Trinajstić information content (AvgIpc) is 2.94. The quantitative estimate of drug-likeness (QED) is 0.753. The zero-order chi connectivity index (χ0) is 15.5. The number of halogens is 2. The smallest absolute Gasteiger partial charge is 0.180 e. The standard InChI is InChI=1S/C13H15Cl2N3O2S/c1-2-12(15)13-9-18(17-16-13)7-8-21(19,20)11-5-3-10(14)4-6-11/h3-6,9,12H,2,7-8H2,1H3. The first kappa shape index (κ1) is 16.3. The van der Waals surface area contributed by atoms with E-state index in [4.69, 9.17) is 23.2 Å². The van der Waals surface area contributed by atoms with Crippen LogP contribution in [0.4, 0.5) is 0 Å². The lowest BCUT2D eigenvalue weighted by Gasteiger charge is -2.04. The maximum atomic E-state index is 12.2. The van der Waals surface area contributed by atoms with Crippen LogP contribution in [0.25, 0.3) is 0 Å². The molecule has 1 aromatic heterocycles. The van der Waals surface area contributed by atoms with Gasteiger partial charge >= 0.3 is 0 Å². The van der Waals surface area contributed by atoms with Crippen molar-refractivity contribution in [2.45, 2.75) is 30.2 Å². The predicted molar refractivity (Wildman–Crippen MR) is 82.4 cm³/mol. The van der Waals surface area contributed by atoms with Crippen LogP contribution in [0.5, 0.6) is 0 Å². The van der Waals surface area contributed by atoms with Gasteiger partial charge in [-0.1, -0.05) is 23.7 Å². The van der Waals surface area contributed by atoms with Crippen molar-refractivity contribution in [3.05, 3.63) is 41.2 Å². The lowest BCUT2D eigenvalue weighted by Crippen LogP contribution is -2.13. The van der Waals surface area contributed by atoms with Crippen LogP contribution in [0.1, 0.15) is 24.4 Å². The summed E-state index contributed by atoms with van der Waals surface area (Å²) in [4.78, 5) is 0.246. The number of nitrogens with zero attached hydrogens (tertiary/aromatic N) is 3. The van der Waals surface area contributed by atoms with Crippen molar-refractivity contribution in [2.24, 2.45) is 0 Å². The summed E-state index contributed by atoms with van der Waals surface area (Å²) in [5, 5.41) is 8.13. The summed E-state index contributed by atoms with van der Waals surface area (Å²) in [5.41, 5.74) is 0.656. The molecule has 0 N–H and O–H groups in total. The van der Waals surface area contributed by atoms with Crippen molar-refractivity contribution in [3.8, 4) is 0 Å². The van der Waals surface area contributed by atoms with E-state index in [0.717, 1.165) is 6.42 Å². The largest absolute Gasteiger partial charge is 0.251 e. The molecule has 2 aromatic rings. The highest BCUT2D eigenvalue weighted by molar-refractivity contribution is 7.91. The van der Waals surface area contributed by atoms with E-state index in [2.05, 4.69) is 10.3 Å². The molecule has 1 aromatic carbocycles. The van der Waals surface area contributed by atoms with Gasteiger partial charge in [-0.2, -0.15) is 0 Å². The molecule has 1 atom stereocenters. The van der Waals surface area contributed by atoms with Gasteiger partial charge < -0.3 is 0 Å². The zero-order valence-corrected chi connectivity index (χ0v) is 13.7. The fourth-order valence-electron chi connectivity index (χ4n) is 1.75. The van der Waals surface area contributed by atoms with Gasteiger partial charge in [-0.25, -0.2) is 8.42 Å². The third-order valence-corrected chi connectivity index (χ3v) is 5.49. The molecular weight excluding hydrogens is 333 g/mol. The Bertz CT molecular complexity index is 698. The molecule has 21 heavy (non-hydrogen) atoms. The molecule has 0 saturated heterocycles. The van der Waals surface area contributed by atoms with Gasteiger partial charge in [0.15, 0.2) is 9.84 Å². The first-order chi connectivity index (χ1) is 9.92. The molecule has 0 radical (unpaired) electrons. The molecule has 0 amide bonds. The van der Waals surface area contributed by atoms with Crippen LogP contribution < -0.4 is 0 Å². The van der Waals surface area contributed by atoms with E-state index in [-0.39, 0.29) is 22.6 Å². The van der Waals surface area contributed by atoms with E-state index >= 15 is 0 Å². The van der Waals surface area contributed by atoms with Crippen molar-refractivity contribution in [2.75, 3.05) is 5.75 Å². The summed E-state index contributed by atoms with van der Waals surface area (Å²) in [7, 11) is -3.37. The zero-order valence-electron chi connectivity index (χ0n) is 11.4. The number of aryl methyl sites for hydroxylation is 1.